The molecular weight excluding hydrogens is 368 g/mol. The van der Waals surface area contributed by atoms with E-state index in [9.17, 15) is 0 Å². The summed E-state index contributed by atoms with van der Waals surface area (Å²) in [6.45, 7) is 0. The summed E-state index contributed by atoms with van der Waals surface area (Å²) in [6, 6.07) is 25.4. The van der Waals surface area contributed by atoms with Crippen LogP contribution in [0.3, 0.4) is 0 Å². The predicted molar refractivity (Wildman–Crippen MR) is 121 cm³/mol. The van der Waals surface area contributed by atoms with E-state index in [1.807, 2.05) is 6.07 Å². The largest absolute Gasteiger partial charge is 0.437 e. The van der Waals surface area contributed by atoms with E-state index in [1.165, 1.54) is 29.7 Å². The molecule has 0 spiro atoms. The fraction of sp³-hybridized carbons (Fsp3) is 0.185. The van der Waals surface area contributed by atoms with Crippen LogP contribution in [0.25, 0.3) is 33.3 Å². The maximum Gasteiger partial charge on any atom is 0.227 e. The van der Waals surface area contributed by atoms with E-state index in [0.717, 1.165) is 52.6 Å². The van der Waals surface area contributed by atoms with Gasteiger partial charge in [-0.3, -0.25) is 4.98 Å². The molecule has 1 aliphatic carbocycles. The lowest BCUT2D eigenvalue weighted by molar-refractivity contribution is 0.652. The SMILES string of the molecule is c1ccc(Cc2ccc3c(n2)oc2c(-c4ccc5c(n4)CCCC5)cccc23)cc1. The zero-order chi connectivity index (χ0) is 19.9. The molecule has 0 aliphatic heterocycles. The Labute approximate surface area is 175 Å². The van der Waals surface area contributed by atoms with Gasteiger partial charge < -0.3 is 4.42 Å². The molecule has 2 aromatic carbocycles. The molecule has 0 saturated heterocycles. The van der Waals surface area contributed by atoms with E-state index in [4.69, 9.17) is 14.4 Å². The molecule has 146 valence electrons. The first-order valence-electron chi connectivity index (χ1n) is 10.7. The molecule has 1 aliphatic rings. The number of benzene rings is 2. The summed E-state index contributed by atoms with van der Waals surface area (Å²) in [6.07, 6.45) is 5.51. The average Bonchev–Trinajstić information content (AvgIpc) is 3.17. The van der Waals surface area contributed by atoms with E-state index in [1.54, 1.807) is 0 Å². The summed E-state index contributed by atoms with van der Waals surface area (Å²) in [5, 5.41) is 2.16. The molecule has 6 rings (SSSR count). The molecular formula is C27H22N2O. The van der Waals surface area contributed by atoms with Crippen molar-refractivity contribution in [3.05, 3.63) is 95.3 Å². The van der Waals surface area contributed by atoms with Crippen LogP contribution >= 0.6 is 0 Å². The second kappa shape index (κ2) is 7.10. The Morgan fingerprint density at radius 2 is 1.63 bits per heavy atom. The van der Waals surface area contributed by atoms with Gasteiger partial charge in [-0.15, -0.1) is 0 Å². The number of hydrogen-bond donors (Lipinski definition) is 0. The molecule has 0 fully saturated rings. The third kappa shape index (κ3) is 2.98. The number of aromatic nitrogens is 2. The second-order valence-electron chi connectivity index (χ2n) is 8.11. The topological polar surface area (TPSA) is 38.9 Å². The Balaban J connectivity index is 1.45. The lowest BCUT2D eigenvalue weighted by Crippen LogP contribution is -2.05. The highest BCUT2D eigenvalue weighted by Gasteiger charge is 2.17. The van der Waals surface area contributed by atoms with Crippen molar-refractivity contribution in [2.24, 2.45) is 0 Å². The van der Waals surface area contributed by atoms with Gasteiger partial charge in [0.25, 0.3) is 0 Å². The summed E-state index contributed by atoms with van der Waals surface area (Å²) in [7, 11) is 0. The van der Waals surface area contributed by atoms with E-state index >= 15 is 0 Å². The first kappa shape index (κ1) is 17.4. The minimum absolute atomic E-state index is 0.698. The van der Waals surface area contributed by atoms with Gasteiger partial charge in [0.15, 0.2) is 0 Å². The van der Waals surface area contributed by atoms with Gasteiger partial charge in [0.2, 0.25) is 5.71 Å². The van der Waals surface area contributed by atoms with E-state index in [-0.39, 0.29) is 0 Å². The maximum atomic E-state index is 6.31. The molecule has 0 unspecified atom stereocenters. The molecule has 0 atom stereocenters. The molecule has 0 N–H and O–H groups in total. The van der Waals surface area contributed by atoms with Gasteiger partial charge >= 0.3 is 0 Å². The summed E-state index contributed by atoms with van der Waals surface area (Å²) in [5.41, 5.74) is 8.52. The number of fused-ring (bicyclic) bond motifs is 4. The normalized spacial score (nSPS) is 13.6. The van der Waals surface area contributed by atoms with Crippen molar-refractivity contribution in [3.63, 3.8) is 0 Å². The van der Waals surface area contributed by atoms with Gasteiger partial charge in [-0.25, -0.2) is 4.98 Å². The molecule has 0 bridgehead atoms. The predicted octanol–water partition coefficient (Wildman–Crippen LogP) is 6.51. The lowest BCUT2D eigenvalue weighted by atomic mass is 9.95. The summed E-state index contributed by atoms with van der Waals surface area (Å²) in [5.74, 6) is 0. The summed E-state index contributed by atoms with van der Waals surface area (Å²) < 4.78 is 6.31. The number of rotatable bonds is 3. The van der Waals surface area contributed by atoms with Crippen molar-refractivity contribution in [1.82, 2.24) is 9.97 Å². The zero-order valence-corrected chi connectivity index (χ0v) is 16.8. The molecule has 3 heteroatoms. The van der Waals surface area contributed by atoms with Crippen LogP contribution in [-0.4, -0.2) is 9.97 Å². The molecule has 30 heavy (non-hydrogen) atoms. The van der Waals surface area contributed by atoms with Gasteiger partial charge in [0.1, 0.15) is 5.58 Å². The molecule has 0 amide bonds. The number of aryl methyl sites for hydroxylation is 2. The fourth-order valence-corrected chi connectivity index (χ4v) is 4.55. The Morgan fingerprint density at radius 1 is 0.733 bits per heavy atom. The quantitative estimate of drug-likeness (QED) is 0.352. The smallest absolute Gasteiger partial charge is 0.227 e. The van der Waals surface area contributed by atoms with E-state index in [2.05, 4.69) is 66.7 Å². The number of hydrogen-bond acceptors (Lipinski definition) is 3. The Kier molecular flexibility index (Phi) is 4.12. The molecule has 3 aromatic heterocycles. The average molecular weight is 390 g/mol. The summed E-state index contributed by atoms with van der Waals surface area (Å²) in [4.78, 5) is 9.82. The van der Waals surface area contributed by atoms with Crippen LogP contribution in [0.2, 0.25) is 0 Å². The van der Waals surface area contributed by atoms with Crippen LogP contribution in [0.1, 0.15) is 35.4 Å². The Hall–Kier alpha value is -3.46. The van der Waals surface area contributed by atoms with Gasteiger partial charge in [0, 0.05) is 34.1 Å². The van der Waals surface area contributed by atoms with E-state index < -0.39 is 0 Å². The number of nitrogens with zero attached hydrogens (tertiary/aromatic N) is 2. The van der Waals surface area contributed by atoms with Gasteiger partial charge in [0.05, 0.1) is 5.69 Å². The Bertz CT molecular complexity index is 1370. The zero-order valence-electron chi connectivity index (χ0n) is 16.8. The third-order valence-corrected chi connectivity index (χ3v) is 6.10. The molecule has 0 saturated carbocycles. The Morgan fingerprint density at radius 3 is 2.57 bits per heavy atom. The van der Waals surface area contributed by atoms with Crippen molar-refractivity contribution in [3.8, 4) is 11.3 Å². The lowest BCUT2D eigenvalue weighted by Gasteiger charge is -2.15. The first-order valence-corrected chi connectivity index (χ1v) is 10.7. The van der Waals surface area contributed by atoms with Crippen molar-refractivity contribution >= 4 is 22.1 Å². The minimum atomic E-state index is 0.698. The summed E-state index contributed by atoms with van der Waals surface area (Å²) >= 11 is 0. The highest BCUT2D eigenvalue weighted by Crippen LogP contribution is 2.35. The van der Waals surface area contributed by atoms with Crippen LogP contribution in [0.5, 0.6) is 0 Å². The van der Waals surface area contributed by atoms with Crippen LogP contribution in [-0.2, 0) is 19.3 Å². The molecule has 3 nitrogen and oxygen atoms in total. The highest BCUT2D eigenvalue weighted by molar-refractivity contribution is 6.08. The second-order valence-corrected chi connectivity index (χ2v) is 8.11. The number of para-hydroxylation sites is 1. The monoisotopic (exact) mass is 390 g/mol. The van der Waals surface area contributed by atoms with Crippen LogP contribution < -0.4 is 0 Å². The van der Waals surface area contributed by atoms with Gasteiger partial charge in [-0.1, -0.05) is 48.5 Å². The molecule has 5 aromatic rings. The molecule has 3 heterocycles. The van der Waals surface area contributed by atoms with Crippen LogP contribution in [0.4, 0.5) is 0 Å². The van der Waals surface area contributed by atoms with Crippen molar-refractivity contribution in [2.75, 3.05) is 0 Å². The first-order chi connectivity index (χ1) is 14.8. The third-order valence-electron chi connectivity index (χ3n) is 6.10. The molecule has 0 radical (unpaired) electrons. The van der Waals surface area contributed by atoms with Crippen LogP contribution in [0, 0.1) is 0 Å². The van der Waals surface area contributed by atoms with Crippen molar-refractivity contribution < 1.29 is 4.42 Å². The van der Waals surface area contributed by atoms with Gasteiger partial charge in [-0.05, 0) is 61.1 Å². The van der Waals surface area contributed by atoms with Crippen molar-refractivity contribution in [1.29, 1.82) is 0 Å². The number of pyridine rings is 2. The highest BCUT2D eigenvalue weighted by atomic mass is 16.3. The van der Waals surface area contributed by atoms with E-state index in [0.29, 0.717) is 5.71 Å². The number of furan rings is 1. The van der Waals surface area contributed by atoms with Crippen molar-refractivity contribution in [2.45, 2.75) is 32.1 Å². The fourth-order valence-electron chi connectivity index (χ4n) is 4.55. The van der Waals surface area contributed by atoms with Gasteiger partial charge in [-0.2, -0.15) is 0 Å². The van der Waals surface area contributed by atoms with Crippen LogP contribution in [0.15, 0.2) is 77.2 Å². The maximum absolute atomic E-state index is 6.31. The standard InChI is InChI=1S/C27H22N2O/c1-2-7-18(8-3-1)17-20-14-15-22-21-10-6-11-23(26(21)30-27(22)28-20)25-16-13-19-9-4-5-12-24(19)29-25/h1-3,6-8,10-11,13-16H,4-5,9,12,17H2. The minimum Gasteiger partial charge on any atom is -0.437 e.